The van der Waals surface area contributed by atoms with Crippen LogP contribution in [0, 0.1) is 0 Å². The highest BCUT2D eigenvalue weighted by atomic mass is 79.9. The van der Waals surface area contributed by atoms with Crippen LogP contribution in [0.1, 0.15) is 45.1 Å². The summed E-state index contributed by atoms with van der Waals surface area (Å²) in [7, 11) is 0. The Balaban J connectivity index is 2.83. The average Bonchev–Trinajstić information content (AvgIpc) is 2.31. The van der Waals surface area contributed by atoms with Crippen molar-refractivity contribution in [2.75, 3.05) is 0 Å². The third kappa shape index (κ3) is 4.38. The first-order valence-electron chi connectivity index (χ1n) is 5.97. The molecule has 1 heteroatoms. The van der Waals surface area contributed by atoms with Gasteiger partial charge < -0.3 is 0 Å². The van der Waals surface area contributed by atoms with Gasteiger partial charge in [0.1, 0.15) is 0 Å². The molecule has 1 aromatic rings. The van der Waals surface area contributed by atoms with Crippen molar-refractivity contribution in [3.63, 3.8) is 0 Å². The Hall–Kier alpha value is -0.780. The molecule has 0 amide bonds. The van der Waals surface area contributed by atoms with E-state index in [0.29, 0.717) is 0 Å². The lowest BCUT2D eigenvalue weighted by Crippen LogP contribution is -1.79. The number of unbranched alkanes of at least 4 members (excludes halogenated alkanes) is 1. The van der Waals surface area contributed by atoms with E-state index in [4.69, 9.17) is 0 Å². The predicted molar refractivity (Wildman–Crippen MR) is 75.4 cm³/mol. The molecule has 0 aliphatic rings. The van der Waals surface area contributed by atoms with Crippen LogP contribution < -0.4 is 0 Å². The fraction of sp³-hybridized carbons (Fsp3) is 0.400. The average molecular weight is 279 g/mol. The summed E-state index contributed by atoms with van der Waals surface area (Å²) in [6.07, 6.45) is 6.87. The molecule has 0 spiro atoms. The molecule has 16 heavy (non-hydrogen) atoms. The van der Waals surface area contributed by atoms with Gasteiger partial charge in [-0.25, -0.2) is 0 Å². The number of rotatable bonds is 5. The molecule has 0 fully saturated rings. The highest BCUT2D eigenvalue weighted by Crippen LogP contribution is 2.18. The maximum atomic E-state index is 3.54. The number of hydrogen-bond acceptors (Lipinski definition) is 0. The lowest BCUT2D eigenvalue weighted by Gasteiger charge is -1.99. The van der Waals surface area contributed by atoms with Gasteiger partial charge in [-0.15, -0.1) is 5.73 Å². The minimum atomic E-state index is 1.10. The van der Waals surface area contributed by atoms with Crippen molar-refractivity contribution in [2.24, 2.45) is 0 Å². The zero-order valence-corrected chi connectivity index (χ0v) is 11.7. The second-order valence-electron chi connectivity index (χ2n) is 3.87. The maximum absolute atomic E-state index is 3.54. The minimum Gasteiger partial charge on any atom is -0.121 e. The van der Waals surface area contributed by atoms with E-state index in [0.717, 1.165) is 10.9 Å². The Morgan fingerprint density at radius 2 is 2.06 bits per heavy atom. The van der Waals surface area contributed by atoms with Crippen LogP contribution in [0.15, 0.2) is 40.0 Å². The molecule has 0 aliphatic carbocycles. The predicted octanol–water partition coefficient (Wildman–Crippen LogP) is 5.59. The molecule has 0 aliphatic heterocycles. The van der Waals surface area contributed by atoms with Gasteiger partial charge in [-0.3, -0.25) is 0 Å². The largest absolute Gasteiger partial charge is 0.121 e. The molecule has 0 nitrogen and oxygen atoms in total. The summed E-state index contributed by atoms with van der Waals surface area (Å²) in [4.78, 5) is 0. The van der Waals surface area contributed by atoms with Gasteiger partial charge >= 0.3 is 0 Å². The molecule has 0 bridgehead atoms. The molecular weight excluding hydrogens is 260 g/mol. The van der Waals surface area contributed by atoms with Gasteiger partial charge in [0.25, 0.3) is 0 Å². The number of halogens is 1. The molecule has 1 aromatic carbocycles. The molecule has 0 unspecified atom stereocenters. The van der Waals surface area contributed by atoms with E-state index in [-0.39, 0.29) is 0 Å². The summed E-state index contributed by atoms with van der Waals surface area (Å²) in [6.45, 7) is 4.43. The zero-order chi connectivity index (χ0) is 11.8. The molecule has 0 saturated carbocycles. The van der Waals surface area contributed by atoms with E-state index in [1.165, 1.54) is 30.4 Å². The summed E-state index contributed by atoms with van der Waals surface area (Å²) in [5.41, 5.74) is 6.04. The Bertz CT molecular complexity index is 384. The van der Waals surface area contributed by atoms with Crippen LogP contribution in [0.2, 0.25) is 0 Å². The van der Waals surface area contributed by atoms with Crippen molar-refractivity contribution in [1.82, 2.24) is 0 Å². The molecule has 0 atom stereocenters. The van der Waals surface area contributed by atoms with Gasteiger partial charge in [-0.05, 0) is 42.5 Å². The topological polar surface area (TPSA) is 0 Å². The van der Waals surface area contributed by atoms with Crippen molar-refractivity contribution < 1.29 is 0 Å². The van der Waals surface area contributed by atoms with E-state index in [1.54, 1.807) is 0 Å². The van der Waals surface area contributed by atoms with Gasteiger partial charge in [-0.2, -0.15) is 0 Å². The van der Waals surface area contributed by atoms with E-state index >= 15 is 0 Å². The summed E-state index contributed by atoms with van der Waals surface area (Å²) in [5.74, 6) is 0. The Morgan fingerprint density at radius 3 is 2.69 bits per heavy atom. The third-order valence-corrected chi connectivity index (χ3v) is 3.32. The zero-order valence-electron chi connectivity index (χ0n) is 10.1. The molecule has 0 aromatic heterocycles. The third-order valence-electron chi connectivity index (χ3n) is 2.60. The molecule has 1 rings (SSSR count). The van der Waals surface area contributed by atoms with Crippen LogP contribution in [0.25, 0.3) is 6.08 Å². The second-order valence-corrected chi connectivity index (χ2v) is 4.73. The molecular formula is C15H19Br. The van der Waals surface area contributed by atoms with Gasteiger partial charge in [0, 0.05) is 4.47 Å². The van der Waals surface area contributed by atoms with Crippen LogP contribution in [-0.4, -0.2) is 0 Å². The standard InChI is InChI=1S/C15H19Br/c1-3-5-8-13(4-2)11-12-14-9-6-7-10-15(14)16/h6-7,9-10,12H,3-5,8H2,1-2H3. The van der Waals surface area contributed by atoms with Gasteiger partial charge in [0.05, 0.1) is 0 Å². The summed E-state index contributed by atoms with van der Waals surface area (Å²) >= 11 is 3.54. The lowest BCUT2D eigenvalue weighted by molar-refractivity contribution is 0.768. The van der Waals surface area contributed by atoms with Crippen molar-refractivity contribution in [3.05, 3.63) is 45.6 Å². The van der Waals surface area contributed by atoms with E-state index in [2.05, 4.69) is 59.8 Å². The fourth-order valence-corrected chi connectivity index (χ4v) is 1.91. The smallest absolute Gasteiger partial charge is 0.0253 e. The maximum Gasteiger partial charge on any atom is 0.0253 e. The molecule has 0 saturated heterocycles. The van der Waals surface area contributed by atoms with Gasteiger partial charge in [0.2, 0.25) is 0 Å². The first kappa shape index (κ1) is 13.3. The van der Waals surface area contributed by atoms with Crippen LogP contribution in [0.3, 0.4) is 0 Å². The van der Waals surface area contributed by atoms with Crippen molar-refractivity contribution in [3.8, 4) is 0 Å². The lowest BCUT2D eigenvalue weighted by atomic mass is 10.1. The van der Waals surface area contributed by atoms with E-state index < -0.39 is 0 Å². The Morgan fingerprint density at radius 1 is 1.31 bits per heavy atom. The van der Waals surface area contributed by atoms with Crippen LogP contribution in [0.5, 0.6) is 0 Å². The van der Waals surface area contributed by atoms with Gasteiger partial charge in [0.15, 0.2) is 0 Å². The summed E-state index contributed by atoms with van der Waals surface area (Å²) in [5, 5.41) is 0. The van der Waals surface area contributed by atoms with Crippen LogP contribution >= 0.6 is 15.9 Å². The molecule has 0 heterocycles. The van der Waals surface area contributed by atoms with E-state index in [1.807, 2.05) is 6.07 Å². The van der Waals surface area contributed by atoms with Crippen LogP contribution in [0.4, 0.5) is 0 Å². The molecule has 0 radical (unpaired) electrons. The quantitative estimate of drug-likeness (QED) is 0.616. The SMILES string of the molecule is CCCCC(=C=Cc1ccccc1Br)CC. The first-order valence-corrected chi connectivity index (χ1v) is 6.76. The van der Waals surface area contributed by atoms with Crippen molar-refractivity contribution in [1.29, 1.82) is 0 Å². The van der Waals surface area contributed by atoms with Crippen molar-refractivity contribution >= 4 is 22.0 Å². The summed E-state index contributed by atoms with van der Waals surface area (Å²) < 4.78 is 1.13. The first-order chi connectivity index (χ1) is 7.77. The highest BCUT2D eigenvalue weighted by molar-refractivity contribution is 9.10. The second kappa shape index (κ2) is 7.49. The molecule has 0 N–H and O–H groups in total. The number of benzene rings is 1. The summed E-state index contributed by atoms with van der Waals surface area (Å²) in [6, 6.07) is 8.24. The number of hydrogen-bond donors (Lipinski definition) is 0. The van der Waals surface area contributed by atoms with Crippen LogP contribution in [-0.2, 0) is 0 Å². The molecule has 86 valence electrons. The van der Waals surface area contributed by atoms with Gasteiger partial charge in [-0.1, -0.05) is 54.4 Å². The Labute approximate surface area is 107 Å². The number of allylic oxidation sites excluding steroid dienone is 1. The Kier molecular flexibility index (Phi) is 6.22. The monoisotopic (exact) mass is 278 g/mol. The normalized spacial score (nSPS) is 9.69. The highest BCUT2D eigenvalue weighted by Gasteiger charge is 1.94. The van der Waals surface area contributed by atoms with E-state index in [9.17, 15) is 0 Å². The fourth-order valence-electron chi connectivity index (χ4n) is 1.51. The van der Waals surface area contributed by atoms with Crippen molar-refractivity contribution in [2.45, 2.75) is 39.5 Å². The minimum absolute atomic E-state index is 1.10.